The molecule has 2 aliphatic rings. The first kappa shape index (κ1) is 44.4. The number of hydrogen-bond acceptors (Lipinski definition) is 4. The van der Waals surface area contributed by atoms with Crippen LogP contribution < -0.4 is 9.97 Å². The zero-order valence-electron chi connectivity index (χ0n) is 35.6. The van der Waals surface area contributed by atoms with Gasteiger partial charge in [0.1, 0.15) is 11.6 Å². The van der Waals surface area contributed by atoms with E-state index in [1.165, 1.54) is 24.3 Å². The third kappa shape index (κ3) is 8.54. The van der Waals surface area contributed by atoms with E-state index in [1.54, 1.807) is 50.1 Å². The molecule has 0 N–H and O–H groups in total. The average molecular weight is 822 g/mol. The predicted molar refractivity (Wildman–Crippen MR) is 222 cm³/mol. The number of carbonyl (C=O) groups is 2. The Labute approximate surface area is 348 Å². The minimum atomic E-state index is -0.321. The summed E-state index contributed by atoms with van der Waals surface area (Å²) >= 11 is 0. The second-order valence-corrected chi connectivity index (χ2v) is 14.9. The molecule has 0 saturated carbocycles. The van der Waals surface area contributed by atoms with E-state index in [1.807, 2.05) is 81.4 Å². The van der Waals surface area contributed by atoms with Gasteiger partial charge < -0.3 is 19.8 Å². The Morgan fingerprint density at radius 1 is 0.544 bits per heavy atom. The van der Waals surface area contributed by atoms with Crippen molar-refractivity contribution in [2.24, 2.45) is 9.98 Å². The van der Waals surface area contributed by atoms with Crippen LogP contribution in [0.2, 0.25) is 0 Å². The summed E-state index contributed by atoms with van der Waals surface area (Å²) in [6, 6.07) is 12.9. The molecule has 0 fully saturated rings. The van der Waals surface area contributed by atoms with Crippen molar-refractivity contribution in [2.75, 3.05) is 28.2 Å². The normalized spacial score (nSPS) is 15.5. The number of carbonyl (C=O) groups excluding carboxylic acids is 2. The Bertz CT molecular complexity index is 2310. The average Bonchev–Trinajstić information content (AvgIpc) is 3.77. The molecule has 2 amide bonds. The number of likely N-dealkylation sites (N-methyl/N-ethyl adjacent to an activating group) is 2. The predicted octanol–water partition coefficient (Wildman–Crippen LogP) is 8.69. The summed E-state index contributed by atoms with van der Waals surface area (Å²) in [5.41, 5.74) is 16.1. The van der Waals surface area contributed by atoms with Crippen molar-refractivity contribution in [3.63, 3.8) is 0 Å². The van der Waals surface area contributed by atoms with Crippen molar-refractivity contribution in [1.29, 1.82) is 0 Å². The number of allylic oxidation sites excluding steroid dienone is 2. The SMILES string of the molecule is CC1=N/C(=C(/c2cccc(F)c2)c2[n-]c(C)c(C)c2C)C(C)=C1C(=O)N(C)C.CC1=N/C(=C(/c2cccc(F)c2)c2[n-]c(C)c(C)c2C)C(C)=C1C(=O)N(C)C.[Zn+2]. The maximum absolute atomic E-state index is 14.0. The third-order valence-electron chi connectivity index (χ3n) is 10.6. The van der Waals surface area contributed by atoms with Crippen LogP contribution in [0.4, 0.5) is 8.78 Å². The van der Waals surface area contributed by atoms with Gasteiger partial charge in [-0.2, -0.15) is 11.4 Å². The monoisotopic (exact) mass is 820 g/mol. The molecule has 11 heteroatoms. The van der Waals surface area contributed by atoms with Gasteiger partial charge in [-0.25, -0.2) is 8.78 Å². The van der Waals surface area contributed by atoms with Crippen molar-refractivity contribution < 1.29 is 37.8 Å². The Morgan fingerprint density at radius 3 is 1.14 bits per heavy atom. The molecule has 4 aromatic rings. The topological polar surface area (TPSA) is 93.5 Å². The first-order chi connectivity index (χ1) is 26.3. The molecule has 0 saturated heterocycles. The molecule has 0 radical (unpaired) electrons. The first-order valence-corrected chi connectivity index (χ1v) is 18.5. The number of rotatable bonds is 6. The molecule has 57 heavy (non-hydrogen) atoms. The van der Waals surface area contributed by atoms with Crippen molar-refractivity contribution >= 4 is 34.4 Å². The minimum absolute atomic E-state index is 0. The summed E-state index contributed by atoms with van der Waals surface area (Å²) in [5.74, 6) is -0.824. The van der Waals surface area contributed by atoms with Crippen molar-refractivity contribution in [2.45, 2.75) is 69.2 Å². The van der Waals surface area contributed by atoms with Gasteiger partial charge in [0.15, 0.2) is 0 Å². The van der Waals surface area contributed by atoms with Crippen LogP contribution in [0.3, 0.4) is 0 Å². The smallest absolute Gasteiger partial charge is 0.660 e. The number of nitrogens with zero attached hydrogens (tertiary/aromatic N) is 6. The molecule has 2 aliphatic heterocycles. The fourth-order valence-corrected chi connectivity index (χ4v) is 7.07. The van der Waals surface area contributed by atoms with Crippen LogP contribution in [0.15, 0.2) is 92.2 Å². The van der Waals surface area contributed by atoms with Crippen LogP contribution in [-0.2, 0) is 29.1 Å². The van der Waals surface area contributed by atoms with Gasteiger partial charge in [-0.15, -0.1) is 11.4 Å². The van der Waals surface area contributed by atoms with E-state index in [-0.39, 0.29) is 42.9 Å². The van der Waals surface area contributed by atoms with Gasteiger partial charge in [-0.05, 0) is 113 Å². The Kier molecular flexibility index (Phi) is 13.6. The zero-order valence-corrected chi connectivity index (χ0v) is 38.5. The van der Waals surface area contributed by atoms with E-state index in [9.17, 15) is 18.4 Å². The summed E-state index contributed by atoms with van der Waals surface area (Å²) in [4.78, 5) is 47.4. The summed E-state index contributed by atoms with van der Waals surface area (Å²) in [5, 5.41) is 0. The second kappa shape index (κ2) is 17.5. The third-order valence-corrected chi connectivity index (χ3v) is 10.6. The number of hydrogen-bond donors (Lipinski definition) is 0. The number of benzene rings is 2. The molecule has 2 aromatic carbocycles. The molecular weight excluding hydrogens is 772 g/mol. The van der Waals surface area contributed by atoms with E-state index >= 15 is 0 Å². The number of amides is 2. The molecule has 292 valence electrons. The quantitative estimate of drug-likeness (QED) is 0.182. The maximum atomic E-state index is 14.0. The van der Waals surface area contributed by atoms with Crippen molar-refractivity contribution in [1.82, 2.24) is 19.8 Å². The number of aromatic nitrogens is 2. The molecule has 0 spiro atoms. The van der Waals surface area contributed by atoms with Gasteiger partial charge >= 0.3 is 19.5 Å². The van der Waals surface area contributed by atoms with Gasteiger partial charge in [0.05, 0.1) is 34.0 Å². The fourth-order valence-electron chi connectivity index (χ4n) is 7.07. The molecule has 0 aliphatic carbocycles. The van der Waals surface area contributed by atoms with Crippen LogP contribution in [0.5, 0.6) is 0 Å². The van der Waals surface area contributed by atoms with Crippen LogP contribution >= 0.6 is 0 Å². The van der Waals surface area contributed by atoms with Crippen LogP contribution in [0, 0.1) is 53.2 Å². The summed E-state index contributed by atoms with van der Waals surface area (Å²) in [7, 11) is 6.89. The number of halogens is 2. The Hall–Kier alpha value is -5.28. The molecule has 8 nitrogen and oxygen atoms in total. The summed E-state index contributed by atoms with van der Waals surface area (Å²) < 4.78 is 28.1. The van der Waals surface area contributed by atoms with Crippen molar-refractivity contribution in [3.05, 3.63) is 150 Å². The standard InChI is InChI=1S/2C23H26FN3O.Zn/c2*1-12-13(2)21(25-15(12)4)20(17-9-8-10-18(24)11-17)22-14(3)19(16(5)26-22)23(28)27(6)7;/h2*8-11H,1-7H3,(H,25,26,28);/q;;+2/p-2. The van der Waals surface area contributed by atoms with Gasteiger partial charge in [0, 0.05) is 28.2 Å². The fraction of sp³-hybridized carbons (Fsp3) is 0.304. The summed E-state index contributed by atoms with van der Waals surface area (Å²) in [6.45, 7) is 19.5. The van der Waals surface area contributed by atoms with E-state index in [0.29, 0.717) is 45.1 Å². The zero-order chi connectivity index (χ0) is 41.5. The number of aliphatic imine (C=N–C) groups is 2. The number of aryl methyl sites for hydroxylation is 2. The van der Waals surface area contributed by atoms with Crippen LogP contribution in [0.1, 0.15) is 83.9 Å². The molecule has 4 heterocycles. The van der Waals surface area contributed by atoms with Crippen LogP contribution in [0.25, 0.3) is 11.1 Å². The largest absolute Gasteiger partial charge is 2.00 e. The second-order valence-electron chi connectivity index (χ2n) is 14.9. The molecule has 0 atom stereocenters. The Morgan fingerprint density at radius 2 is 0.877 bits per heavy atom. The summed E-state index contributed by atoms with van der Waals surface area (Å²) in [6.07, 6.45) is 0. The van der Waals surface area contributed by atoms with E-state index in [2.05, 4.69) is 0 Å². The van der Waals surface area contributed by atoms with Crippen molar-refractivity contribution in [3.8, 4) is 0 Å². The van der Waals surface area contributed by atoms with Crippen LogP contribution in [-0.4, -0.2) is 61.2 Å². The van der Waals surface area contributed by atoms with E-state index in [0.717, 1.165) is 67.3 Å². The van der Waals surface area contributed by atoms with Gasteiger partial charge in [0.2, 0.25) is 0 Å². The Balaban J connectivity index is 0.000000248. The molecule has 0 unspecified atom stereocenters. The maximum Gasteiger partial charge on any atom is 2.00 e. The van der Waals surface area contributed by atoms with Gasteiger partial charge in [-0.1, -0.05) is 60.4 Å². The molecular formula is C46H50F2N6O2Zn. The molecule has 0 bridgehead atoms. The van der Waals surface area contributed by atoms with E-state index in [4.69, 9.17) is 20.0 Å². The van der Waals surface area contributed by atoms with Gasteiger partial charge in [0.25, 0.3) is 11.8 Å². The van der Waals surface area contributed by atoms with Gasteiger partial charge in [-0.3, -0.25) is 19.6 Å². The first-order valence-electron chi connectivity index (χ1n) is 18.5. The molecule has 2 aromatic heterocycles. The minimum Gasteiger partial charge on any atom is -0.660 e. The van der Waals surface area contributed by atoms with E-state index < -0.39 is 0 Å². The molecule has 6 rings (SSSR count).